The number of benzene rings is 2. The fourth-order valence-electron chi connectivity index (χ4n) is 2.45. The molecule has 0 radical (unpaired) electrons. The molecule has 0 aliphatic heterocycles. The molecule has 2 aromatic carbocycles. The van der Waals surface area contributed by atoms with Gasteiger partial charge in [0.25, 0.3) is 0 Å². The predicted molar refractivity (Wildman–Crippen MR) is 94.4 cm³/mol. The number of hydrogen-bond donors (Lipinski definition) is 2. The Kier molecular flexibility index (Phi) is 5.58. The minimum atomic E-state index is -0.493. The molecule has 0 bridgehead atoms. The molecule has 0 saturated heterocycles. The van der Waals surface area contributed by atoms with Crippen LogP contribution in [0.5, 0.6) is 5.75 Å². The highest BCUT2D eigenvalue weighted by molar-refractivity contribution is 5.95. The number of ether oxygens (including phenoxy) is 1. The number of nitrogens with one attached hydrogen (secondary N) is 1. The standard InChI is InChI=1S/C19H22N2O3/c1-12(2)16-10-13(4-9-17(16)24-3)11-18(22)21-15-7-5-14(6-8-15)19(20)23/h4-10,12H,11H2,1-3H3,(H2,20,23)(H,21,22). The van der Waals surface area contributed by atoms with Crippen molar-refractivity contribution in [2.24, 2.45) is 5.73 Å². The van der Waals surface area contributed by atoms with Crippen LogP contribution in [0, 0.1) is 0 Å². The Bertz CT molecular complexity index is 737. The Labute approximate surface area is 141 Å². The lowest BCUT2D eigenvalue weighted by atomic mass is 9.98. The summed E-state index contributed by atoms with van der Waals surface area (Å²) in [7, 11) is 1.64. The Morgan fingerprint density at radius 3 is 2.33 bits per heavy atom. The minimum absolute atomic E-state index is 0.123. The van der Waals surface area contributed by atoms with E-state index >= 15 is 0 Å². The number of hydrogen-bond acceptors (Lipinski definition) is 3. The van der Waals surface area contributed by atoms with Crippen LogP contribution in [0.3, 0.4) is 0 Å². The van der Waals surface area contributed by atoms with Crippen LogP contribution < -0.4 is 15.8 Å². The molecule has 3 N–H and O–H groups in total. The molecule has 5 heteroatoms. The van der Waals surface area contributed by atoms with Gasteiger partial charge in [0.1, 0.15) is 5.75 Å². The van der Waals surface area contributed by atoms with Gasteiger partial charge in [0.15, 0.2) is 0 Å². The van der Waals surface area contributed by atoms with E-state index in [-0.39, 0.29) is 12.3 Å². The molecule has 0 heterocycles. The van der Waals surface area contributed by atoms with Crippen LogP contribution in [0.2, 0.25) is 0 Å². The summed E-state index contributed by atoms with van der Waals surface area (Å²) in [5.74, 6) is 0.523. The monoisotopic (exact) mass is 326 g/mol. The SMILES string of the molecule is COc1ccc(CC(=O)Nc2ccc(C(N)=O)cc2)cc1C(C)C. The molecule has 0 aromatic heterocycles. The van der Waals surface area contributed by atoms with Gasteiger partial charge < -0.3 is 15.8 Å². The van der Waals surface area contributed by atoms with E-state index in [0.717, 1.165) is 16.9 Å². The zero-order chi connectivity index (χ0) is 17.7. The molecule has 0 unspecified atom stereocenters. The first kappa shape index (κ1) is 17.5. The molecular formula is C19H22N2O3. The molecule has 0 fully saturated rings. The minimum Gasteiger partial charge on any atom is -0.496 e. The lowest BCUT2D eigenvalue weighted by Crippen LogP contribution is -2.15. The van der Waals surface area contributed by atoms with Crippen molar-refractivity contribution in [2.45, 2.75) is 26.2 Å². The summed E-state index contributed by atoms with van der Waals surface area (Å²) < 4.78 is 5.35. The third kappa shape index (κ3) is 4.35. The smallest absolute Gasteiger partial charge is 0.248 e. The number of anilines is 1. The summed E-state index contributed by atoms with van der Waals surface area (Å²) in [5.41, 5.74) is 8.23. The number of nitrogens with two attached hydrogens (primary N) is 1. The Morgan fingerprint density at radius 2 is 1.79 bits per heavy atom. The number of rotatable bonds is 6. The number of primary amides is 1. The van der Waals surface area contributed by atoms with E-state index < -0.39 is 5.91 Å². The molecule has 2 rings (SSSR count). The zero-order valence-corrected chi connectivity index (χ0v) is 14.1. The number of amides is 2. The van der Waals surface area contributed by atoms with Crippen LogP contribution in [0.25, 0.3) is 0 Å². The summed E-state index contributed by atoms with van der Waals surface area (Å²) >= 11 is 0. The van der Waals surface area contributed by atoms with Gasteiger partial charge in [0.2, 0.25) is 11.8 Å². The molecule has 0 aliphatic carbocycles. The second-order valence-corrected chi connectivity index (χ2v) is 5.90. The van der Waals surface area contributed by atoms with E-state index in [1.165, 1.54) is 0 Å². The predicted octanol–water partition coefficient (Wildman–Crippen LogP) is 3.10. The molecule has 24 heavy (non-hydrogen) atoms. The van der Waals surface area contributed by atoms with Crippen LogP contribution >= 0.6 is 0 Å². The first-order valence-corrected chi connectivity index (χ1v) is 7.77. The number of carbonyl (C=O) groups excluding carboxylic acids is 2. The average molecular weight is 326 g/mol. The third-order valence-electron chi connectivity index (χ3n) is 3.73. The zero-order valence-electron chi connectivity index (χ0n) is 14.1. The summed E-state index contributed by atoms with van der Waals surface area (Å²) in [6.07, 6.45) is 0.265. The maximum atomic E-state index is 12.2. The van der Waals surface area contributed by atoms with E-state index in [4.69, 9.17) is 10.5 Å². The van der Waals surface area contributed by atoms with Gasteiger partial charge in [-0.15, -0.1) is 0 Å². The molecular weight excluding hydrogens is 304 g/mol. The second kappa shape index (κ2) is 7.64. The van der Waals surface area contributed by atoms with E-state index in [9.17, 15) is 9.59 Å². The highest BCUT2D eigenvalue weighted by Gasteiger charge is 2.11. The van der Waals surface area contributed by atoms with Gasteiger partial charge >= 0.3 is 0 Å². The van der Waals surface area contributed by atoms with E-state index in [0.29, 0.717) is 17.2 Å². The van der Waals surface area contributed by atoms with Gasteiger partial charge in [-0.1, -0.05) is 26.0 Å². The van der Waals surface area contributed by atoms with Gasteiger partial charge in [-0.3, -0.25) is 9.59 Å². The topological polar surface area (TPSA) is 81.4 Å². The van der Waals surface area contributed by atoms with E-state index in [1.54, 1.807) is 31.4 Å². The van der Waals surface area contributed by atoms with Crippen LogP contribution in [-0.4, -0.2) is 18.9 Å². The summed E-state index contributed by atoms with van der Waals surface area (Å²) in [6.45, 7) is 4.17. The Hall–Kier alpha value is -2.82. The van der Waals surface area contributed by atoms with Crippen molar-refractivity contribution in [1.82, 2.24) is 0 Å². The van der Waals surface area contributed by atoms with Gasteiger partial charge in [-0.25, -0.2) is 0 Å². The number of carbonyl (C=O) groups is 2. The lowest BCUT2D eigenvalue weighted by molar-refractivity contribution is -0.115. The fraction of sp³-hybridized carbons (Fsp3) is 0.263. The molecule has 0 aliphatic rings. The van der Waals surface area contributed by atoms with Gasteiger partial charge in [0, 0.05) is 11.3 Å². The van der Waals surface area contributed by atoms with Crippen molar-refractivity contribution in [3.63, 3.8) is 0 Å². The van der Waals surface area contributed by atoms with Gasteiger partial charge in [0.05, 0.1) is 13.5 Å². The van der Waals surface area contributed by atoms with Crippen LogP contribution in [0.1, 0.15) is 41.3 Å². The number of methoxy groups -OCH3 is 1. The first-order chi connectivity index (χ1) is 11.4. The largest absolute Gasteiger partial charge is 0.496 e. The average Bonchev–Trinajstić information content (AvgIpc) is 2.55. The van der Waals surface area contributed by atoms with Crippen molar-refractivity contribution < 1.29 is 14.3 Å². The summed E-state index contributed by atoms with van der Waals surface area (Å²) in [6, 6.07) is 12.3. The summed E-state index contributed by atoms with van der Waals surface area (Å²) in [5, 5.41) is 2.81. The maximum Gasteiger partial charge on any atom is 0.248 e. The van der Waals surface area contributed by atoms with Crippen molar-refractivity contribution in [1.29, 1.82) is 0 Å². The molecule has 0 atom stereocenters. The molecule has 2 aromatic rings. The van der Waals surface area contributed by atoms with E-state index in [2.05, 4.69) is 19.2 Å². The van der Waals surface area contributed by atoms with Crippen molar-refractivity contribution in [3.8, 4) is 5.75 Å². The normalized spacial score (nSPS) is 10.5. The van der Waals surface area contributed by atoms with Crippen molar-refractivity contribution >= 4 is 17.5 Å². The highest BCUT2D eigenvalue weighted by atomic mass is 16.5. The Morgan fingerprint density at radius 1 is 1.12 bits per heavy atom. The molecule has 2 amide bonds. The highest BCUT2D eigenvalue weighted by Crippen LogP contribution is 2.27. The van der Waals surface area contributed by atoms with Crippen LogP contribution in [0.15, 0.2) is 42.5 Å². The van der Waals surface area contributed by atoms with Crippen LogP contribution in [-0.2, 0) is 11.2 Å². The molecule has 5 nitrogen and oxygen atoms in total. The van der Waals surface area contributed by atoms with Crippen LogP contribution in [0.4, 0.5) is 5.69 Å². The Balaban J connectivity index is 2.06. The van der Waals surface area contributed by atoms with Crippen molar-refractivity contribution in [2.75, 3.05) is 12.4 Å². The van der Waals surface area contributed by atoms with E-state index in [1.807, 2.05) is 18.2 Å². The fourth-order valence-corrected chi connectivity index (χ4v) is 2.45. The first-order valence-electron chi connectivity index (χ1n) is 7.77. The quantitative estimate of drug-likeness (QED) is 0.856. The molecule has 126 valence electrons. The molecule has 0 saturated carbocycles. The third-order valence-corrected chi connectivity index (χ3v) is 3.73. The van der Waals surface area contributed by atoms with Gasteiger partial charge in [-0.05, 0) is 47.4 Å². The van der Waals surface area contributed by atoms with Gasteiger partial charge in [-0.2, -0.15) is 0 Å². The maximum absolute atomic E-state index is 12.2. The lowest BCUT2D eigenvalue weighted by Gasteiger charge is -2.13. The summed E-state index contributed by atoms with van der Waals surface area (Å²) in [4.78, 5) is 23.2. The van der Waals surface area contributed by atoms with Crippen molar-refractivity contribution in [3.05, 3.63) is 59.2 Å². The molecule has 0 spiro atoms. The second-order valence-electron chi connectivity index (χ2n) is 5.90.